The Bertz CT molecular complexity index is 1340. The third-order valence-corrected chi connectivity index (χ3v) is 7.54. The van der Waals surface area contributed by atoms with Crippen LogP contribution in [-0.2, 0) is 4.79 Å². The monoisotopic (exact) mass is 556 g/mol. The smallest absolute Gasteiger partial charge is 0.336 e. The molecule has 0 bridgehead atoms. The van der Waals surface area contributed by atoms with E-state index in [2.05, 4.69) is 15.6 Å². The van der Waals surface area contributed by atoms with Crippen LogP contribution >= 0.6 is 23.2 Å². The summed E-state index contributed by atoms with van der Waals surface area (Å²) in [6, 6.07) is 11.3. The molecule has 198 valence electrons. The van der Waals surface area contributed by atoms with Gasteiger partial charge in [-0.25, -0.2) is 24.2 Å². The highest BCUT2D eigenvalue weighted by molar-refractivity contribution is 6.42. The molecular formula is C27H27Cl2FN6O2. The Morgan fingerprint density at radius 2 is 1.82 bits per heavy atom. The van der Waals surface area contributed by atoms with Crippen molar-refractivity contribution in [2.75, 3.05) is 31.5 Å². The normalized spacial score (nSPS) is 17.5. The van der Waals surface area contributed by atoms with Crippen LogP contribution in [0.1, 0.15) is 31.2 Å². The number of hydrogen-bond acceptors (Lipinski definition) is 5. The lowest BCUT2D eigenvalue weighted by molar-refractivity contribution is -0.127. The summed E-state index contributed by atoms with van der Waals surface area (Å²) >= 11 is 12.4. The fourth-order valence-electron chi connectivity index (χ4n) is 4.83. The molecule has 8 nitrogen and oxygen atoms in total. The first kappa shape index (κ1) is 26.1. The molecule has 3 amide bonds. The zero-order valence-corrected chi connectivity index (χ0v) is 22.3. The first-order valence-corrected chi connectivity index (χ1v) is 13.2. The van der Waals surface area contributed by atoms with E-state index in [4.69, 9.17) is 23.2 Å². The second-order valence-electron chi connectivity index (χ2n) is 9.18. The molecule has 0 aromatic heterocycles. The second kappa shape index (κ2) is 11.0. The number of hydrazine groups is 1. The van der Waals surface area contributed by atoms with Gasteiger partial charge in [0.2, 0.25) is 0 Å². The van der Waals surface area contributed by atoms with Crippen LogP contribution in [0, 0.1) is 5.82 Å². The van der Waals surface area contributed by atoms with E-state index in [9.17, 15) is 14.0 Å². The van der Waals surface area contributed by atoms with E-state index in [-0.39, 0.29) is 23.7 Å². The fourth-order valence-corrected chi connectivity index (χ4v) is 5.13. The summed E-state index contributed by atoms with van der Waals surface area (Å²) in [5.74, 6) is 0.729. The number of piperidine rings is 1. The molecule has 3 heterocycles. The van der Waals surface area contributed by atoms with Gasteiger partial charge in [0.25, 0.3) is 5.91 Å². The molecule has 11 heteroatoms. The number of fused-ring (bicyclic) bond motifs is 1. The fraction of sp³-hybridized carbons (Fsp3) is 0.296. The Labute approximate surface area is 230 Å². The van der Waals surface area contributed by atoms with E-state index in [1.54, 1.807) is 28.1 Å². The quantitative estimate of drug-likeness (QED) is 0.520. The number of carbonyl (C=O) groups is 2. The van der Waals surface area contributed by atoms with E-state index >= 15 is 0 Å². The van der Waals surface area contributed by atoms with Crippen LogP contribution < -0.4 is 10.6 Å². The molecule has 3 aliphatic rings. The number of rotatable bonds is 5. The van der Waals surface area contributed by atoms with Gasteiger partial charge in [-0.05, 0) is 67.7 Å². The average Bonchev–Trinajstić information content (AvgIpc) is 3.36. The van der Waals surface area contributed by atoms with Gasteiger partial charge in [0.15, 0.2) is 5.82 Å². The Balaban J connectivity index is 1.43. The van der Waals surface area contributed by atoms with Gasteiger partial charge in [-0.1, -0.05) is 35.3 Å². The van der Waals surface area contributed by atoms with Gasteiger partial charge in [-0.15, -0.1) is 0 Å². The number of benzene rings is 2. The lowest BCUT2D eigenvalue weighted by Crippen LogP contribution is -2.50. The van der Waals surface area contributed by atoms with Crippen LogP contribution in [0.2, 0.25) is 10.0 Å². The molecule has 0 unspecified atom stereocenters. The molecule has 0 saturated carbocycles. The summed E-state index contributed by atoms with van der Waals surface area (Å²) in [6.07, 6.45) is 4.88. The molecule has 1 saturated heterocycles. The van der Waals surface area contributed by atoms with Crippen molar-refractivity contribution < 1.29 is 14.0 Å². The van der Waals surface area contributed by atoms with Crippen LogP contribution in [0.3, 0.4) is 0 Å². The van der Waals surface area contributed by atoms with Gasteiger partial charge in [0.1, 0.15) is 17.2 Å². The number of aliphatic imine (C=N–C) groups is 1. The molecule has 38 heavy (non-hydrogen) atoms. The number of nitrogens with zero attached hydrogens (tertiary/aromatic N) is 4. The Kier molecular flexibility index (Phi) is 7.58. The van der Waals surface area contributed by atoms with Crippen molar-refractivity contribution in [1.82, 2.24) is 20.2 Å². The van der Waals surface area contributed by atoms with E-state index in [0.29, 0.717) is 59.1 Å². The predicted octanol–water partition coefficient (Wildman–Crippen LogP) is 5.35. The molecule has 2 N–H and O–H groups in total. The van der Waals surface area contributed by atoms with Crippen LogP contribution in [0.5, 0.6) is 0 Å². The largest absolute Gasteiger partial charge is 0.339 e. The zero-order valence-electron chi connectivity index (χ0n) is 20.8. The highest BCUT2D eigenvalue weighted by atomic mass is 35.5. The summed E-state index contributed by atoms with van der Waals surface area (Å²) < 4.78 is 13.3. The van der Waals surface area contributed by atoms with Gasteiger partial charge < -0.3 is 15.5 Å². The van der Waals surface area contributed by atoms with Crippen molar-refractivity contribution in [3.63, 3.8) is 0 Å². The number of nitrogens with one attached hydrogen (secondary N) is 2. The van der Waals surface area contributed by atoms with Crippen molar-refractivity contribution >= 4 is 47.0 Å². The van der Waals surface area contributed by atoms with Crippen LogP contribution in [0.4, 0.5) is 14.9 Å². The summed E-state index contributed by atoms with van der Waals surface area (Å²) in [4.78, 5) is 33.0. The van der Waals surface area contributed by atoms with Crippen molar-refractivity contribution in [2.45, 2.75) is 25.7 Å². The van der Waals surface area contributed by atoms with E-state index in [1.165, 1.54) is 23.4 Å². The van der Waals surface area contributed by atoms with Crippen LogP contribution in [-0.4, -0.2) is 59.2 Å². The lowest BCUT2D eigenvalue weighted by atomic mass is 9.89. The molecule has 0 radical (unpaired) electrons. The first-order valence-electron chi connectivity index (χ1n) is 12.5. The number of amides is 3. The number of anilines is 1. The van der Waals surface area contributed by atoms with Crippen LogP contribution in [0.25, 0.3) is 0 Å². The molecule has 0 aliphatic carbocycles. The summed E-state index contributed by atoms with van der Waals surface area (Å²) in [5.41, 5.74) is 2.00. The number of carbonyl (C=O) groups excluding carboxylic acids is 2. The van der Waals surface area contributed by atoms with E-state index in [1.807, 2.05) is 25.1 Å². The highest BCUT2D eigenvalue weighted by Gasteiger charge is 2.37. The van der Waals surface area contributed by atoms with Gasteiger partial charge in [-0.3, -0.25) is 4.79 Å². The molecule has 5 rings (SSSR count). The Morgan fingerprint density at radius 1 is 1.08 bits per heavy atom. The zero-order chi connectivity index (χ0) is 26.8. The third kappa shape index (κ3) is 5.21. The van der Waals surface area contributed by atoms with Crippen molar-refractivity contribution in [3.8, 4) is 0 Å². The van der Waals surface area contributed by atoms with Crippen molar-refractivity contribution in [2.24, 2.45) is 4.99 Å². The van der Waals surface area contributed by atoms with Gasteiger partial charge in [0, 0.05) is 31.5 Å². The lowest BCUT2D eigenvalue weighted by Gasteiger charge is -2.37. The minimum atomic E-state index is -0.309. The molecule has 0 atom stereocenters. The summed E-state index contributed by atoms with van der Waals surface area (Å²) in [7, 11) is 0. The standard InChI is InChI=1S/C27H27Cl2FN6O2/c1-2-31-27(38)35-14-11-24-32-16-21(25(36(24)35)33-20-7-8-22(28)23(29)15-20)26(37)34-12-9-18(10-13-34)17-3-5-19(30)6-4-17/h3-8,11,15-16,18,33H,2,9-10,12-14H2,1H3,(H,31,38). The molecule has 3 aliphatic heterocycles. The molecular weight excluding hydrogens is 530 g/mol. The number of halogens is 3. The maximum Gasteiger partial charge on any atom is 0.336 e. The molecule has 2 aromatic rings. The highest BCUT2D eigenvalue weighted by Crippen LogP contribution is 2.34. The van der Waals surface area contributed by atoms with Gasteiger partial charge in [0.05, 0.1) is 16.6 Å². The third-order valence-electron chi connectivity index (χ3n) is 6.80. The van der Waals surface area contributed by atoms with Gasteiger partial charge >= 0.3 is 6.03 Å². The minimum Gasteiger partial charge on any atom is -0.339 e. The minimum absolute atomic E-state index is 0.198. The maximum absolute atomic E-state index is 13.8. The maximum atomic E-state index is 13.8. The van der Waals surface area contributed by atoms with Gasteiger partial charge in [-0.2, -0.15) is 0 Å². The average molecular weight is 557 g/mol. The number of hydrogen-bond donors (Lipinski definition) is 2. The Morgan fingerprint density at radius 3 is 2.50 bits per heavy atom. The molecule has 1 fully saturated rings. The first-order chi connectivity index (χ1) is 18.4. The SMILES string of the molecule is CCNC(=O)N1CC=C2N=CC(C(=O)N3CCC(c4ccc(F)cc4)CC3)=C(Nc3ccc(Cl)c(Cl)c3)N21. The van der Waals surface area contributed by atoms with Crippen molar-refractivity contribution in [1.29, 1.82) is 0 Å². The molecule has 0 spiro atoms. The Hall–Kier alpha value is -3.56. The number of urea groups is 1. The van der Waals surface area contributed by atoms with Crippen molar-refractivity contribution in [3.05, 3.63) is 87.2 Å². The summed E-state index contributed by atoms with van der Waals surface area (Å²) in [5, 5.41) is 9.96. The van der Waals surface area contributed by atoms with E-state index < -0.39 is 0 Å². The topological polar surface area (TPSA) is 80.3 Å². The second-order valence-corrected chi connectivity index (χ2v) is 10.00. The molecule has 2 aromatic carbocycles. The number of likely N-dealkylation sites (tertiary alicyclic amines) is 1. The van der Waals surface area contributed by atoms with Crippen LogP contribution in [0.15, 0.2) is 70.7 Å². The van der Waals surface area contributed by atoms with E-state index in [0.717, 1.165) is 18.4 Å². The predicted molar refractivity (Wildman–Crippen MR) is 146 cm³/mol. The summed E-state index contributed by atoms with van der Waals surface area (Å²) in [6.45, 7) is 3.68.